The van der Waals surface area contributed by atoms with Crippen molar-refractivity contribution in [2.24, 2.45) is 0 Å². The fourth-order valence-corrected chi connectivity index (χ4v) is 1.85. The van der Waals surface area contributed by atoms with Crippen LogP contribution in [0.5, 0.6) is 5.75 Å². The quantitative estimate of drug-likeness (QED) is 0.783. The first-order valence-corrected chi connectivity index (χ1v) is 6.59. The van der Waals surface area contributed by atoms with E-state index < -0.39 is 0 Å². The number of hydrogen-bond donors (Lipinski definition) is 3. The van der Waals surface area contributed by atoms with E-state index in [1.54, 1.807) is 18.2 Å². The van der Waals surface area contributed by atoms with Gasteiger partial charge < -0.3 is 15.7 Å². The van der Waals surface area contributed by atoms with E-state index in [0.29, 0.717) is 18.7 Å². The van der Waals surface area contributed by atoms with E-state index in [0.717, 1.165) is 11.3 Å². The SMILES string of the molecule is CCNC(=O)c1cccc(NCc2ccc(O)cc2)c1. The van der Waals surface area contributed by atoms with Gasteiger partial charge in [0.05, 0.1) is 0 Å². The van der Waals surface area contributed by atoms with Crippen molar-refractivity contribution in [3.8, 4) is 5.75 Å². The monoisotopic (exact) mass is 270 g/mol. The summed E-state index contributed by atoms with van der Waals surface area (Å²) in [5.41, 5.74) is 2.59. The van der Waals surface area contributed by atoms with Gasteiger partial charge in [-0.25, -0.2) is 0 Å². The van der Waals surface area contributed by atoms with Crippen LogP contribution in [0.4, 0.5) is 5.69 Å². The molecule has 0 fully saturated rings. The number of anilines is 1. The van der Waals surface area contributed by atoms with Crippen molar-refractivity contribution >= 4 is 11.6 Å². The van der Waals surface area contributed by atoms with E-state index in [4.69, 9.17) is 0 Å². The predicted molar refractivity (Wildman–Crippen MR) is 79.9 cm³/mol. The second-order valence-electron chi connectivity index (χ2n) is 4.46. The molecule has 0 aliphatic rings. The minimum Gasteiger partial charge on any atom is -0.508 e. The van der Waals surface area contributed by atoms with Crippen molar-refractivity contribution in [3.63, 3.8) is 0 Å². The Bertz CT molecular complexity index is 579. The molecule has 0 saturated carbocycles. The maximum absolute atomic E-state index is 11.7. The Hall–Kier alpha value is -2.49. The average Bonchev–Trinajstić information content (AvgIpc) is 2.47. The van der Waals surface area contributed by atoms with Crippen LogP contribution >= 0.6 is 0 Å². The maximum Gasteiger partial charge on any atom is 0.251 e. The van der Waals surface area contributed by atoms with Crippen molar-refractivity contribution in [1.29, 1.82) is 0 Å². The molecule has 0 spiro atoms. The molecule has 0 unspecified atom stereocenters. The maximum atomic E-state index is 11.7. The van der Waals surface area contributed by atoms with Crippen molar-refractivity contribution in [1.82, 2.24) is 5.32 Å². The molecule has 0 radical (unpaired) electrons. The zero-order valence-electron chi connectivity index (χ0n) is 11.4. The fraction of sp³-hybridized carbons (Fsp3) is 0.188. The number of carbonyl (C=O) groups is 1. The van der Waals surface area contributed by atoms with Gasteiger partial charge in [0.25, 0.3) is 5.91 Å². The number of phenolic OH excluding ortho intramolecular Hbond substituents is 1. The van der Waals surface area contributed by atoms with Gasteiger partial charge in [0.15, 0.2) is 0 Å². The molecule has 2 rings (SSSR count). The molecule has 2 aromatic carbocycles. The zero-order valence-corrected chi connectivity index (χ0v) is 11.4. The Morgan fingerprint density at radius 2 is 1.90 bits per heavy atom. The van der Waals surface area contributed by atoms with Gasteiger partial charge in [0.2, 0.25) is 0 Å². The Morgan fingerprint density at radius 3 is 2.60 bits per heavy atom. The van der Waals surface area contributed by atoms with Crippen LogP contribution in [-0.4, -0.2) is 17.6 Å². The Labute approximate surface area is 118 Å². The summed E-state index contributed by atoms with van der Waals surface area (Å²) in [4.78, 5) is 11.7. The second-order valence-corrected chi connectivity index (χ2v) is 4.46. The van der Waals surface area contributed by atoms with Crippen molar-refractivity contribution < 1.29 is 9.90 Å². The highest BCUT2D eigenvalue weighted by Crippen LogP contribution is 2.14. The summed E-state index contributed by atoms with van der Waals surface area (Å²) in [6.45, 7) is 3.15. The molecular weight excluding hydrogens is 252 g/mol. The van der Waals surface area contributed by atoms with Crippen LogP contribution in [0.3, 0.4) is 0 Å². The van der Waals surface area contributed by atoms with E-state index >= 15 is 0 Å². The van der Waals surface area contributed by atoms with E-state index in [9.17, 15) is 9.90 Å². The fourth-order valence-electron chi connectivity index (χ4n) is 1.85. The largest absolute Gasteiger partial charge is 0.508 e. The summed E-state index contributed by atoms with van der Waals surface area (Å²) >= 11 is 0. The average molecular weight is 270 g/mol. The van der Waals surface area contributed by atoms with Gasteiger partial charge in [-0.15, -0.1) is 0 Å². The summed E-state index contributed by atoms with van der Waals surface area (Å²) < 4.78 is 0. The van der Waals surface area contributed by atoms with Gasteiger partial charge in [-0.3, -0.25) is 4.79 Å². The summed E-state index contributed by atoms with van der Waals surface area (Å²) in [6, 6.07) is 14.4. The Balaban J connectivity index is 2.01. The summed E-state index contributed by atoms with van der Waals surface area (Å²) in [5.74, 6) is 0.188. The third-order valence-corrected chi connectivity index (χ3v) is 2.90. The molecule has 4 heteroatoms. The molecule has 0 atom stereocenters. The molecule has 104 valence electrons. The first-order chi connectivity index (χ1) is 9.69. The topological polar surface area (TPSA) is 61.4 Å². The van der Waals surface area contributed by atoms with Gasteiger partial charge in [-0.2, -0.15) is 0 Å². The van der Waals surface area contributed by atoms with E-state index in [-0.39, 0.29) is 11.7 Å². The van der Waals surface area contributed by atoms with Crippen molar-refractivity contribution in [2.75, 3.05) is 11.9 Å². The van der Waals surface area contributed by atoms with Crippen LogP contribution in [0.1, 0.15) is 22.8 Å². The molecule has 0 saturated heterocycles. The van der Waals surface area contributed by atoms with Crippen LogP contribution in [0.15, 0.2) is 48.5 Å². The first kappa shape index (κ1) is 13.9. The number of carbonyl (C=O) groups excluding carboxylic acids is 1. The van der Waals surface area contributed by atoms with Gasteiger partial charge in [-0.1, -0.05) is 18.2 Å². The highest BCUT2D eigenvalue weighted by atomic mass is 16.3. The highest BCUT2D eigenvalue weighted by Gasteiger charge is 2.04. The number of aromatic hydroxyl groups is 1. The van der Waals surface area contributed by atoms with Gasteiger partial charge >= 0.3 is 0 Å². The molecule has 0 aliphatic carbocycles. The van der Waals surface area contributed by atoms with Crippen molar-refractivity contribution in [2.45, 2.75) is 13.5 Å². The standard InChI is InChI=1S/C16H18N2O2/c1-2-17-16(20)13-4-3-5-14(10-13)18-11-12-6-8-15(19)9-7-12/h3-10,18-19H,2,11H2,1H3,(H,17,20). The molecule has 0 aliphatic heterocycles. The molecule has 2 aromatic rings. The van der Waals surface area contributed by atoms with E-state index in [2.05, 4.69) is 10.6 Å². The summed E-state index contributed by atoms with van der Waals surface area (Å²) in [5, 5.41) is 15.3. The minimum absolute atomic E-state index is 0.0687. The molecular formula is C16H18N2O2. The molecule has 0 heterocycles. The third kappa shape index (κ3) is 3.75. The van der Waals surface area contributed by atoms with Crippen LogP contribution in [0, 0.1) is 0 Å². The lowest BCUT2D eigenvalue weighted by Gasteiger charge is -2.08. The van der Waals surface area contributed by atoms with E-state index in [1.807, 2.05) is 37.3 Å². The van der Waals surface area contributed by atoms with Crippen molar-refractivity contribution in [3.05, 3.63) is 59.7 Å². The minimum atomic E-state index is -0.0687. The van der Waals surface area contributed by atoms with Crippen LogP contribution in [-0.2, 0) is 6.54 Å². The number of rotatable bonds is 5. The molecule has 20 heavy (non-hydrogen) atoms. The van der Waals surface area contributed by atoms with E-state index in [1.165, 1.54) is 0 Å². The third-order valence-electron chi connectivity index (χ3n) is 2.90. The molecule has 3 N–H and O–H groups in total. The highest BCUT2D eigenvalue weighted by molar-refractivity contribution is 5.95. The number of amides is 1. The Morgan fingerprint density at radius 1 is 1.15 bits per heavy atom. The lowest BCUT2D eigenvalue weighted by molar-refractivity contribution is 0.0956. The number of hydrogen-bond acceptors (Lipinski definition) is 3. The summed E-state index contributed by atoms with van der Waals surface area (Å²) in [6.07, 6.45) is 0. The number of benzene rings is 2. The van der Waals surface area contributed by atoms with Gasteiger partial charge in [0.1, 0.15) is 5.75 Å². The van der Waals surface area contributed by atoms with Crippen LogP contribution in [0.2, 0.25) is 0 Å². The number of phenols is 1. The molecule has 0 aromatic heterocycles. The molecule has 1 amide bonds. The second kappa shape index (κ2) is 6.61. The first-order valence-electron chi connectivity index (χ1n) is 6.59. The summed E-state index contributed by atoms with van der Waals surface area (Å²) in [7, 11) is 0. The molecule has 4 nitrogen and oxygen atoms in total. The molecule has 0 bridgehead atoms. The lowest BCUT2D eigenvalue weighted by Crippen LogP contribution is -2.22. The number of nitrogens with one attached hydrogen (secondary N) is 2. The smallest absolute Gasteiger partial charge is 0.251 e. The normalized spacial score (nSPS) is 10.1. The zero-order chi connectivity index (χ0) is 14.4. The van der Waals surface area contributed by atoms with Gasteiger partial charge in [0, 0.05) is 24.3 Å². The van der Waals surface area contributed by atoms with Crippen LogP contribution in [0.25, 0.3) is 0 Å². The van der Waals surface area contributed by atoms with Gasteiger partial charge in [-0.05, 0) is 42.8 Å². The lowest BCUT2D eigenvalue weighted by atomic mass is 10.1. The predicted octanol–water partition coefficient (Wildman–Crippen LogP) is 2.75. The Kier molecular flexibility index (Phi) is 4.60. The van der Waals surface area contributed by atoms with Crippen LogP contribution < -0.4 is 10.6 Å².